The van der Waals surface area contributed by atoms with E-state index in [9.17, 15) is 4.79 Å². The number of hydrogen-bond donors (Lipinski definition) is 0. The van der Waals surface area contributed by atoms with Gasteiger partial charge >= 0.3 is 0 Å². The smallest absolute Gasteiger partial charge is 0.255 e. The number of amides is 1. The summed E-state index contributed by atoms with van der Waals surface area (Å²) in [6.07, 6.45) is 5.01. The molecule has 0 aliphatic carbocycles. The number of nitrogens with zero attached hydrogens (tertiary/aromatic N) is 3. The Morgan fingerprint density at radius 3 is 2.52 bits per heavy atom. The maximum Gasteiger partial charge on any atom is 0.255 e. The summed E-state index contributed by atoms with van der Waals surface area (Å²) in [4.78, 5) is 21.8. The van der Waals surface area contributed by atoms with Gasteiger partial charge in [-0.15, -0.1) is 0 Å². The maximum atomic E-state index is 13.0. The predicted molar refractivity (Wildman–Crippen MR) is 113 cm³/mol. The highest BCUT2D eigenvalue weighted by atomic mass is 32.2. The number of carbonyl (C=O) groups excluding carboxylic acids is 1. The van der Waals surface area contributed by atoms with Gasteiger partial charge in [-0.25, -0.2) is 4.98 Å². The van der Waals surface area contributed by atoms with Crippen molar-refractivity contribution in [1.82, 2.24) is 9.88 Å². The number of aromatic nitrogens is 1. The minimum Gasteiger partial charge on any atom is -0.355 e. The molecule has 2 aliphatic heterocycles. The highest BCUT2D eigenvalue weighted by Gasteiger charge is 2.23. The summed E-state index contributed by atoms with van der Waals surface area (Å²) in [6, 6.07) is 14.7. The molecule has 3 heterocycles. The number of rotatable bonds is 3. The van der Waals surface area contributed by atoms with E-state index in [4.69, 9.17) is 0 Å². The van der Waals surface area contributed by atoms with Crippen LogP contribution in [0.1, 0.15) is 41.1 Å². The topological polar surface area (TPSA) is 36.4 Å². The Hall–Kier alpha value is -2.01. The van der Waals surface area contributed by atoms with E-state index in [1.54, 1.807) is 6.20 Å². The molecule has 0 unspecified atom stereocenters. The molecule has 2 aromatic rings. The molecule has 5 heteroatoms. The first-order chi connectivity index (χ1) is 13.3. The number of carbonyl (C=O) groups is 1. The van der Waals surface area contributed by atoms with Crippen molar-refractivity contribution in [3.05, 3.63) is 59.8 Å². The molecule has 142 valence electrons. The third-order valence-electron chi connectivity index (χ3n) is 5.62. The molecule has 2 aliphatic rings. The first-order valence-electron chi connectivity index (χ1n) is 9.94. The number of anilines is 1. The summed E-state index contributed by atoms with van der Waals surface area (Å²) in [6.45, 7) is 3.74. The Morgan fingerprint density at radius 1 is 0.963 bits per heavy atom. The van der Waals surface area contributed by atoms with Gasteiger partial charge in [0.15, 0.2) is 0 Å². The van der Waals surface area contributed by atoms with Gasteiger partial charge in [-0.2, -0.15) is 11.8 Å². The van der Waals surface area contributed by atoms with Crippen molar-refractivity contribution in [3.8, 4) is 0 Å². The van der Waals surface area contributed by atoms with Gasteiger partial charge in [0.05, 0.1) is 5.56 Å². The molecule has 0 N–H and O–H groups in total. The zero-order chi connectivity index (χ0) is 18.5. The maximum absolute atomic E-state index is 13.0. The minimum atomic E-state index is 0.122. The fourth-order valence-corrected chi connectivity index (χ4v) is 4.94. The Kier molecular flexibility index (Phi) is 5.97. The lowest BCUT2D eigenvalue weighted by Gasteiger charge is -2.27. The van der Waals surface area contributed by atoms with Crippen LogP contribution >= 0.6 is 11.8 Å². The van der Waals surface area contributed by atoms with Gasteiger partial charge in [-0.05, 0) is 42.9 Å². The van der Waals surface area contributed by atoms with Crippen molar-refractivity contribution < 1.29 is 4.79 Å². The van der Waals surface area contributed by atoms with Gasteiger partial charge < -0.3 is 9.80 Å². The SMILES string of the molecule is O=C(c1ccc(N2CCSCC2)nc1)N1CCC[C@H](c2ccccc2)CC1. The molecule has 2 fully saturated rings. The Bertz CT molecular complexity index is 744. The van der Waals surface area contributed by atoms with Crippen LogP contribution in [0.25, 0.3) is 0 Å². The standard InChI is InChI=1S/C22H27N3OS/c26-22(20-8-9-21(23-17-20)24-13-15-27-16-14-24)25-11-4-7-19(10-12-25)18-5-2-1-3-6-18/h1-3,5-6,8-9,17,19H,4,7,10-16H2/t19-/m0/s1. The molecule has 0 radical (unpaired) electrons. The third-order valence-corrected chi connectivity index (χ3v) is 6.56. The lowest BCUT2D eigenvalue weighted by Crippen LogP contribution is -2.34. The van der Waals surface area contributed by atoms with E-state index in [-0.39, 0.29) is 5.91 Å². The summed E-state index contributed by atoms with van der Waals surface area (Å²) >= 11 is 1.99. The molecule has 1 amide bonds. The summed E-state index contributed by atoms with van der Waals surface area (Å²) < 4.78 is 0. The zero-order valence-corrected chi connectivity index (χ0v) is 16.5. The first kappa shape index (κ1) is 18.4. The third kappa shape index (κ3) is 4.46. The Labute approximate surface area is 166 Å². The fraction of sp³-hybridized carbons (Fsp3) is 0.455. The second kappa shape index (κ2) is 8.79. The summed E-state index contributed by atoms with van der Waals surface area (Å²) in [5.74, 6) is 3.97. The average Bonchev–Trinajstić information content (AvgIpc) is 3.01. The monoisotopic (exact) mass is 381 g/mol. The van der Waals surface area contributed by atoms with E-state index >= 15 is 0 Å². The molecule has 4 nitrogen and oxygen atoms in total. The Morgan fingerprint density at radius 2 is 1.78 bits per heavy atom. The molecule has 1 aromatic heterocycles. The van der Waals surface area contributed by atoms with Crippen LogP contribution in [0.4, 0.5) is 5.82 Å². The van der Waals surface area contributed by atoms with E-state index in [2.05, 4.69) is 40.2 Å². The average molecular weight is 382 g/mol. The van der Waals surface area contributed by atoms with Crippen LogP contribution in [0.2, 0.25) is 0 Å². The van der Waals surface area contributed by atoms with Crippen LogP contribution in [0, 0.1) is 0 Å². The molecule has 1 atom stereocenters. The van der Waals surface area contributed by atoms with E-state index < -0.39 is 0 Å². The number of pyridine rings is 1. The van der Waals surface area contributed by atoms with Crippen molar-refractivity contribution in [1.29, 1.82) is 0 Å². The zero-order valence-electron chi connectivity index (χ0n) is 15.7. The highest BCUT2D eigenvalue weighted by molar-refractivity contribution is 7.99. The number of likely N-dealkylation sites (tertiary alicyclic amines) is 1. The van der Waals surface area contributed by atoms with Gasteiger partial charge in [0.1, 0.15) is 5.82 Å². The van der Waals surface area contributed by atoms with Crippen molar-refractivity contribution in [2.45, 2.75) is 25.2 Å². The van der Waals surface area contributed by atoms with Gasteiger partial charge in [-0.3, -0.25) is 4.79 Å². The van der Waals surface area contributed by atoms with Gasteiger partial charge in [0.25, 0.3) is 5.91 Å². The quantitative estimate of drug-likeness (QED) is 0.804. The molecular weight excluding hydrogens is 354 g/mol. The summed E-state index contributed by atoms with van der Waals surface area (Å²) in [5.41, 5.74) is 2.11. The molecular formula is C22H27N3OS. The van der Waals surface area contributed by atoms with Crippen LogP contribution in [0.15, 0.2) is 48.7 Å². The van der Waals surface area contributed by atoms with Gasteiger partial charge in [0.2, 0.25) is 0 Å². The number of benzene rings is 1. The van der Waals surface area contributed by atoms with Crippen molar-refractivity contribution in [2.24, 2.45) is 0 Å². The van der Waals surface area contributed by atoms with Gasteiger partial charge in [-0.1, -0.05) is 30.3 Å². The largest absolute Gasteiger partial charge is 0.355 e. The number of thioether (sulfide) groups is 1. The first-order valence-corrected chi connectivity index (χ1v) is 11.1. The van der Waals surface area contributed by atoms with Crippen LogP contribution in [0.5, 0.6) is 0 Å². The van der Waals surface area contributed by atoms with E-state index in [0.29, 0.717) is 11.5 Å². The highest BCUT2D eigenvalue weighted by Crippen LogP contribution is 2.28. The molecule has 0 spiro atoms. The van der Waals surface area contributed by atoms with Crippen LogP contribution < -0.4 is 4.90 Å². The normalized spacial score (nSPS) is 21.0. The lowest BCUT2D eigenvalue weighted by molar-refractivity contribution is 0.0760. The predicted octanol–water partition coefficient (Wildman–Crippen LogP) is 4.04. The molecule has 1 aromatic carbocycles. The molecule has 0 saturated carbocycles. The van der Waals surface area contributed by atoms with Crippen LogP contribution in [-0.4, -0.2) is 53.5 Å². The second-order valence-electron chi connectivity index (χ2n) is 7.34. The van der Waals surface area contributed by atoms with E-state index in [0.717, 1.165) is 62.8 Å². The minimum absolute atomic E-state index is 0.122. The summed E-state index contributed by atoms with van der Waals surface area (Å²) in [7, 11) is 0. The lowest BCUT2D eigenvalue weighted by atomic mass is 9.92. The van der Waals surface area contributed by atoms with E-state index in [1.165, 1.54) is 5.56 Å². The van der Waals surface area contributed by atoms with E-state index in [1.807, 2.05) is 28.8 Å². The Balaban J connectivity index is 1.39. The molecule has 0 bridgehead atoms. The van der Waals surface area contributed by atoms with Crippen LogP contribution in [0.3, 0.4) is 0 Å². The van der Waals surface area contributed by atoms with Crippen molar-refractivity contribution >= 4 is 23.5 Å². The fourth-order valence-electron chi connectivity index (χ4n) is 4.03. The van der Waals surface area contributed by atoms with Crippen molar-refractivity contribution in [3.63, 3.8) is 0 Å². The van der Waals surface area contributed by atoms with Crippen LogP contribution in [-0.2, 0) is 0 Å². The second-order valence-corrected chi connectivity index (χ2v) is 8.56. The van der Waals surface area contributed by atoms with Gasteiger partial charge in [0, 0.05) is 43.9 Å². The molecule has 4 rings (SSSR count). The molecule has 2 saturated heterocycles. The molecule has 27 heavy (non-hydrogen) atoms. The summed E-state index contributed by atoms with van der Waals surface area (Å²) in [5, 5.41) is 0. The van der Waals surface area contributed by atoms with Crippen molar-refractivity contribution in [2.75, 3.05) is 42.6 Å². The number of hydrogen-bond acceptors (Lipinski definition) is 4.